The van der Waals surface area contributed by atoms with Gasteiger partial charge in [-0.1, -0.05) is 29.8 Å². The van der Waals surface area contributed by atoms with Crippen molar-refractivity contribution in [1.29, 1.82) is 0 Å². The minimum absolute atomic E-state index is 0.349. The molecule has 4 heteroatoms. The summed E-state index contributed by atoms with van der Waals surface area (Å²) in [5.74, 6) is 1.04. The van der Waals surface area contributed by atoms with Crippen molar-refractivity contribution in [2.24, 2.45) is 0 Å². The Labute approximate surface area is 127 Å². The first-order valence-corrected chi connectivity index (χ1v) is 6.89. The molecular formula is C17H13ClO3. The summed E-state index contributed by atoms with van der Waals surface area (Å²) in [6.07, 6.45) is 2.22. The van der Waals surface area contributed by atoms with E-state index in [2.05, 4.69) is 0 Å². The lowest BCUT2D eigenvalue weighted by Crippen LogP contribution is -2.09. The number of carbonyl (C=O) groups is 1. The summed E-state index contributed by atoms with van der Waals surface area (Å²) >= 11 is 6.03. The molecule has 0 bridgehead atoms. The van der Waals surface area contributed by atoms with Crippen LogP contribution in [0.1, 0.15) is 11.1 Å². The molecule has 0 spiro atoms. The number of methoxy groups -OCH3 is 1. The molecule has 0 aliphatic carbocycles. The van der Waals surface area contributed by atoms with Gasteiger partial charge < -0.3 is 9.47 Å². The largest absolute Gasteiger partial charge is 0.466 e. The molecular weight excluding hydrogens is 288 g/mol. The van der Waals surface area contributed by atoms with Crippen molar-refractivity contribution in [2.45, 2.75) is 6.42 Å². The average Bonchev–Trinajstić information content (AvgIpc) is 2.47. The third-order valence-corrected chi connectivity index (χ3v) is 3.56. The molecule has 0 fully saturated rings. The summed E-state index contributed by atoms with van der Waals surface area (Å²) in [4.78, 5) is 12.0. The predicted molar refractivity (Wildman–Crippen MR) is 81.7 cm³/mol. The van der Waals surface area contributed by atoms with E-state index in [1.165, 1.54) is 7.11 Å². The van der Waals surface area contributed by atoms with E-state index in [1.807, 2.05) is 24.3 Å². The third-order valence-electron chi connectivity index (χ3n) is 3.32. The van der Waals surface area contributed by atoms with Gasteiger partial charge in [-0.05, 0) is 35.9 Å². The second-order valence-corrected chi connectivity index (χ2v) is 5.17. The molecule has 0 N–H and O–H groups in total. The van der Waals surface area contributed by atoms with Crippen molar-refractivity contribution >= 4 is 23.6 Å². The highest BCUT2D eigenvalue weighted by Crippen LogP contribution is 2.35. The van der Waals surface area contributed by atoms with Crippen LogP contribution in [0.2, 0.25) is 5.02 Å². The van der Waals surface area contributed by atoms with Crippen molar-refractivity contribution in [3.05, 3.63) is 64.2 Å². The van der Waals surface area contributed by atoms with Crippen LogP contribution in [0.5, 0.6) is 11.5 Å². The maximum atomic E-state index is 12.0. The van der Waals surface area contributed by atoms with Crippen molar-refractivity contribution in [3.8, 4) is 11.5 Å². The van der Waals surface area contributed by atoms with E-state index in [1.54, 1.807) is 24.3 Å². The summed E-state index contributed by atoms with van der Waals surface area (Å²) in [5.41, 5.74) is 2.27. The summed E-state index contributed by atoms with van der Waals surface area (Å²) < 4.78 is 10.8. The number of hydrogen-bond donors (Lipinski definition) is 0. The predicted octanol–water partition coefficient (Wildman–Crippen LogP) is 4.24. The van der Waals surface area contributed by atoms with Crippen molar-refractivity contribution in [1.82, 2.24) is 0 Å². The van der Waals surface area contributed by atoms with Crippen LogP contribution >= 0.6 is 11.6 Å². The molecule has 1 aliphatic rings. The molecule has 1 aliphatic heterocycles. The van der Waals surface area contributed by atoms with Gasteiger partial charge in [0.05, 0.1) is 7.11 Å². The highest BCUT2D eigenvalue weighted by atomic mass is 35.5. The van der Waals surface area contributed by atoms with E-state index in [-0.39, 0.29) is 5.97 Å². The van der Waals surface area contributed by atoms with Gasteiger partial charge in [-0.15, -0.1) is 0 Å². The Balaban J connectivity index is 2.18. The summed E-state index contributed by atoms with van der Waals surface area (Å²) in [6, 6.07) is 13.0. The molecule has 0 radical (unpaired) electrons. The van der Waals surface area contributed by atoms with E-state index in [4.69, 9.17) is 21.1 Å². The van der Waals surface area contributed by atoms with E-state index >= 15 is 0 Å². The highest BCUT2D eigenvalue weighted by molar-refractivity contribution is 6.30. The van der Waals surface area contributed by atoms with Gasteiger partial charge >= 0.3 is 5.97 Å². The molecule has 2 aromatic rings. The standard InChI is InChI=1S/C17H13ClO3/c1-20-17(19)13-8-11-4-2-3-5-15(11)21-16-7-6-14(18)10-12(16)9-13/h2-7,9-10H,8H2,1H3/b13-9+. The lowest BCUT2D eigenvalue weighted by Gasteiger charge is -2.17. The Hall–Kier alpha value is -2.26. The number of benzene rings is 2. The van der Waals surface area contributed by atoms with Crippen LogP contribution in [0.3, 0.4) is 0 Å². The van der Waals surface area contributed by atoms with Gasteiger partial charge in [-0.3, -0.25) is 0 Å². The van der Waals surface area contributed by atoms with Gasteiger partial charge in [0.2, 0.25) is 0 Å². The normalized spacial score (nSPS) is 15.4. The van der Waals surface area contributed by atoms with Gasteiger partial charge in [0.25, 0.3) is 0 Å². The van der Waals surface area contributed by atoms with Crippen LogP contribution in [0, 0.1) is 0 Å². The topological polar surface area (TPSA) is 35.5 Å². The first-order valence-electron chi connectivity index (χ1n) is 6.51. The van der Waals surface area contributed by atoms with Gasteiger partial charge in [0, 0.05) is 22.6 Å². The van der Waals surface area contributed by atoms with Crippen LogP contribution in [0.15, 0.2) is 48.0 Å². The van der Waals surface area contributed by atoms with Gasteiger partial charge in [-0.2, -0.15) is 0 Å². The zero-order valence-corrected chi connectivity index (χ0v) is 12.2. The lowest BCUT2D eigenvalue weighted by molar-refractivity contribution is -0.136. The molecule has 0 amide bonds. The van der Waals surface area contributed by atoms with Crippen molar-refractivity contribution < 1.29 is 14.3 Å². The van der Waals surface area contributed by atoms with Gasteiger partial charge in [0.1, 0.15) is 11.5 Å². The van der Waals surface area contributed by atoms with E-state index in [0.717, 1.165) is 16.9 Å². The van der Waals surface area contributed by atoms with E-state index < -0.39 is 0 Å². The molecule has 2 aromatic carbocycles. The summed E-state index contributed by atoms with van der Waals surface area (Å²) in [7, 11) is 1.38. The fourth-order valence-electron chi connectivity index (χ4n) is 2.30. The van der Waals surface area contributed by atoms with Crippen molar-refractivity contribution in [2.75, 3.05) is 7.11 Å². The Bertz CT molecular complexity index is 735. The molecule has 1 heterocycles. The van der Waals surface area contributed by atoms with E-state index in [0.29, 0.717) is 22.8 Å². The average molecular weight is 301 g/mol. The number of carbonyl (C=O) groups excluding carboxylic acids is 1. The quantitative estimate of drug-likeness (QED) is 0.739. The van der Waals surface area contributed by atoms with E-state index in [9.17, 15) is 4.79 Å². The first kappa shape index (κ1) is 13.7. The summed E-state index contributed by atoms with van der Waals surface area (Å²) in [5, 5.41) is 0.590. The smallest absolute Gasteiger partial charge is 0.334 e. The van der Waals surface area contributed by atoms with Gasteiger partial charge in [-0.25, -0.2) is 4.79 Å². The van der Waals surface area contributed by atoms with Crippen molar-refractivity contribution in [3.63, 3.8) is 0 Å². The minimum Gasteiger partial charge on any atom is -0.466 e. The second kappa shape index (κ2) is 5.62. The minimum atomic E-state index is -0.349. The molecule has 0 aromatic heterocycles. The molecule has 106 valence electrons. The highest BCUT2D eigenvalue weighted by Gasteiger charge is 2.18. The number of esters is 1. The Morgan fingerprint density at radius 2 is 2.00 bits per heavy atom. The number of halogens is 1. The fourth-order valence-corrected chi connectivity index (χ4v) is 2.48. The number of rotatable bonds is 1. The maximum Gasteiger partial charge on any atom is 0.334 e. The maximum absolute atomic E-state index is 12.0. The summed E-state index contributed by atoms with van der Waals surface area (Å²) in [6.45, 7) is 0. The Kier molecular flexibility index (Phi) is 3.67. The molecule has 0 saturated heterocycles. The van der Waals surface area contributed by atoms with Crippen LogP contribution < -0.4 is 4.74 Å². The van der Waals surface area contributed by atoms with Crippen LogP contribution in [0.25, 0.3) is 6.08 Å². The molecule has 0 atom stereocenters. The van der Waals surface area contributed by atoms with Crippen LogP contribution in [0.4, 0.5) is 0 Å². The number of hydrogen-bond acceptors (Lipinski definition) is 3. The molecule has 0 saturated carbocycles. The molecule has 3 rings (SSSR count). The zero-order chi connectivity index (χ0) is 14.8. The van der Waals surface area contributed by atoms with Crippen LogP contribution in [-0.4, -0.2) is 13.1 Å². The molecule has 21 heavy (non-hydrogen) atoms. The second-order valence-electron chi connectivity index (χ2n) is 4.73. The van der Waals surface area contributed by atoms with Gasteiger partial charge in [0.15, 0.2) is 0 Å². The number of para-hydroxylation sites is 1. The number of fused-ring (bicyclic) bond motifs is 2. The Morgan fingerprint density at radius 3 is 2.81 bits per heavy atom. The lowest BCUT2D eigenvalue weighted by atomic mass is 10.00. The SMILES string of the molecule is COC(=O)/C1=C/c2cc(Cl)ccc2Oc2ccccc2C1. The Morgan fingerprint density at radius 1 is 1.19 bits per heavy atom. The fraction of sp³-hybridized carbons (Fsp3) is 0.118. The number of ether oxygens (including phenoxy) is 2. The first-order chi connectivity index (χ1) is 10.2. The molecule has 0 unspecified atom stereocenters. The van der Waals surface area contributed by atoms with Crippen LogP contribution in [-0.2, 0) is 16.0 Å². The third kappa shape index (κ3) is 2.78. The molecule has 3 nitrogen and oxygen atoms in total. The monoisotopic (exact) mass is 300 g/mol. The zero-order valence-electron chi connectivity index (χ0n) is 11.4.